The van der Waals surface area contributed by atoms with Gasteiger partial charge in [0.15, 0.2) is 0 Å². The minimum absolute atomic E-state index is 0.515. The number of hydrogen-bond donors (Lipinski definition) is 0. The van der Waals surface area contributed by atoms with Crippen LogP contribution in [0.5, 0.6) is 0 Å². The number of rotatable bonds is 9. The van der Waals surface area contributed by atoms with Crippen molar-refractivity contribution in [2.45, 2.75) is 65.7 Å². The molecule has 0 aromatic rings. The van der Waals surface area contributed by atoms with Crippen molar-refractivity contribution >= 4 is 0 Å². The van der Waals surface area contributed by atoms with Crippen LogP contribution < -0.4 is 0 Å². The van der Waals surface area contributed by atoms with E-state index in [0.717, 1.165) is 6.42 Å². The molecule has 0 aromatic heterocycles. The zero-order valence-corrected chi connectivity index (χ0v) is 10.9. The Kier molecular flexibility index (Phi) is 7.46. The second-order valence-corrected chi connectivity index (χ2v) is 4.98. The Bertz CT molecular complexity index is 190. The molecule has 1 unspecified atom stereocenters. The minimum Gasteiger partial charge on any atom is -0.0988 e. The lowest BCUT2D eigenvalue weighted by molar-refractivity contribution is 0.252. The third-order valence-electron chi connectivity index (χ3n) is 3.58. The Morgan fingerprint density at radius 2 is 1.87 bits per heavy atom. The first-order chi connectivity index (χ1) is 7.08. The van der Waals surface area contributed by atoms with Crippen LogP contribution in [0.2, 0.25) is 0 Å². The first kappa shape index (κ1) is 14.5. The van der Waals surface area contributed by atoms with Gasteiger partial charge in [0.05, 0.1) is 0 Å². The molecule has 0 rings (SSSR count). The van der Waals surface area contributed by atoms with Crippen LogP contribution in [0.25, 0.3) is 0 Å². The Hall–Kier alpha value is -0.520. The Labute approximate surface area is 96.5 Å². The van der Waals surface area contributed by atoms with E-state index in [1.807, 2.05) is 6.08 Å². The average Bonchev–Trinajstić information content (AvgIpc) is 2.26. The molecule has 0 saturated heterocycles. The van der Waals surface area contributed by atoms with Gasteiger partial charge in [0.1, 0.15) is 0 Å². The summed E-state index contributed by atoms with van der Waals surface area (Å²) in [4.78, 5) is 0. The zero-order valence-electron chi connectivity index (χ0n) is 10.9. The fourth-order valence-corrected chi connectivity index (χ4v) is 1.84. The molecule has 0 nitrogen and oxygen atoms in total. The predicted molar refractivity (Wildman–Crippen MR) is 71.1 cm³/mol. The smallest absolute Gasteiger partial charge is 0.0280 e. The van der Waals surface area contributed by atoms with Gasteiger partial charge in [-0.25, -0.2) is 0 Å². The second kappa shape index (κ2) is 7.73. The van der Waals surface area contributed by atoms with Gasteiger partial charge >= 0.3 is 0 Å². The molecule has 0 aliphatic rings. The van der Waals surface area contributed by atoms with Crippen LogP contribution in [-0.2, 0) is 0 Å². The topological polar surface area (TPSA) is 0 Å². The molecule has 88 valence electrons. The third kappa shape index (κ3) is 6.54. The molecule has 1 atom stereocenters. The van der Waals surface area contributed by atoms with Gasteiger partial charge in [0.2, 0.25) is 0 Å². The monoisotopic (exact) mass is 208 g/mol. The summed E-state index contributed by atoms with van der Waals surface area (Å²) < 4.78 is 0. The molecule has 0 aromatic carbocycles. The van der Waals surface area contributed by atoms with Crippen molar-refractivity contribution in [3.8, 4) is 0 Å². The minimum atomic E-state index is 0.515. The quantitative estimate of drug-likeness (QED) is 0.346. The van der Waals surface area contributed by atoms with Gasteiger partial charge in [-0.2, -0.15) is 0 Å². The molecule has 0 aliphatic carbocycles. The van der Waals surface area contributed by atoms with Gasteiger partial charge in [0.25, 0.3) is 0 Å². The highest BCUT2D eigenvalue weighted by Crippen LogP contribution is 2.34. The maximum absolute atomic E-state index is 3.99. The van der Waals surface area contributed by atoms with E-state index in [1.54, 1.807) is 0 Å². The summed E-state index contributed by atoms with van der Waals surface area (Å²) in [5.41, 5.74) is 1.70. The highest BCUT2D eigenvalue weighted by Gasteiger charge is 2.20. The van der Waals surface area contributed by atoms with E-state index in [0.29, 0.717) is 5.41 Å². The van der Waals surface area contributed by atoms with Crippen LogP contribution in [0.15, 0.2) is 24.8 Å². The van der Waals surface area contributed by atoms with Crippen LogP contribution in [-0.4, -0.2) is 0 Å². The third-order valence-corrected chi connectivity index (χ3v) is 3.58. The molecule has 0 saturated carbocycles. The molecule has 15 heavy (non-hydrogen) atoms. The molecular formula is C15H28. The molecule has 0 heteroatoms. The fourth-order valence-electron chi connectivity index (χ4n) is 1.84. The largest absolute Gasteiger partial charge is 0.0988 e. The van der Waals surface area contributed by atoms with E-state index in [-0.39, 0.29) is 0 Å². The highest BCUT2D eigenvalue weighted by atomic mass is 14.3. The summed E-state index contributed by atoms with van der Waals surface area (Å²) in [5.74, 6) is 0. The molecule has 0 amide bonds. The van der Waals surface area contributed by atoms with E-state index in [9.17, 15) is 0 Å². The Morgan fingerprint density at radius 3 is 2.33 bits per heavy atom. The van der Waals surface area contributed by atoms with Crippen molar-refractivity contribution < 1.29 is 0 Å². The highest BCUT2D eigenvalue weighted by molar-refractivity contribution is 5.10. The molecule has 0 radical (unpaired) electrons. The maximum Gasteiger partial charge on any atom is -0.0280 e. The van der Waals surface area contributed by atoms with E-state index >= 15 is 0 Å². The zero-order chi connectivity index (χ0) is 11.7. The Balaban J connectivity index is 3.94. The van der Waals surface area contributed by atoms with E-state index < -0.39 is 0 Å². The first-order valence-electron chi connectivity index (χ1n) is 6.38. The van der Waals surface area contributed by atoms with Crippen LogP contribution in [0.3, 0.4) is 0 Å². The summed E-state index contributed by atoms with van der Waals surface area (Å²) in [7, 11) is 0. The molecule has 0 heterocycles. The van der Waals surface area contributed by atoms with E-state index in [2.05, 4.69) is 33.9 Å². The molecule has 0 N–H and O–H groups in total. The second-order valence-electron chi connectivity index (χ2n) is 4.98. The maximum atomic E-state index is 3.99. The first-order valence-corrected chi connectivity index (χ1v) is 6.38. The van der Waals surface area contributed by atoms with Gasteiger partial charge in [-0.15, -0.1) is 0 Å². The Morgan fingerprint density at radius 1 is 1.20 bits per heavy atom. The van der Waals surface area contributed by atoms with Crippen molar-refractivity contribution in [3.05, 3.63) is 24.8 Å². The molecule has 0 spiro atoms. The summed E-state index contributed by atoms with van der Waals surface area (Å²) in [6.45, 7) is 14.7. The van der Waals surface area contributed by atoms with Crippen molar-refractivity contribution in [2.75, 3.05) is 0 Å². The van der Waals surface area contributed by atoms with Crippen molar-refractivity contribution in [2.24, 2.45) is 5.41 Å². The lowest BCUT2D eigenvalue weighted by Gasteiger charge is -2.28. The van der Waals surface area contributed by atoms with Crippen LogP contribution in [0, 0.1) is 5.41 Å². The van der Waals surface area contributed by atoms with Crippen LogP contribution >= 0.6 is 0 Å². The van der Waals surface area contributed by atoms with Gasteiger partial charge in [-0.05, 0) is 24.7 Å². The standard InChI is InChI=1S/C15H28/c1-6-9-10-12-15(5,8-3)13-11-14(4)7-2/h7H,2,4,6,8-13H2,1,3,5H3. The van der Waals surface area contributed by atoms with Gasteiger partial charge in [-0.1, -0.05) is 71.3 Å². The summed E-state index contributed by atoms with van der Waals surface area (Å²) >= 11 is 0. The lowest BCUT2D eigenvalue weighted by atomic mass is 9.77. The number of hydrogen-bond acceptors (Lipinski definition) is 0. The van der Waals surface area contributed by atoms with Gasteiger partial charge < -0.3 is 0 Å². The normalized spacial score (nSPS) is 14.6. The van der Waals surface area contributed by atoms with Crippen LogP contribution in [0.1, 0.15) is 65.7 Å². The fraction of sp³-hybridized carbons (Fsp3) is 0.733. The van der Waals surface area contributed by atoms with E-state index in [4.69, 9.17) is 0 Å². The average molecular weight is 208 g/mol. The molecule has 0 aliphatic heterocycles. The SMILES string of the molecule is C=CC(=C)CCC(C)(CC)CCCCC. The summed E-state index contributed by atoms with van der Waals surface area (Å²) in [6, 6.07) is 0. The number of unbranched alkanes of at least 4 members (excludes halogenated alkanes) is 2. The predicted octanol–water partition coefficient (Wildman–Crippen LogP) is 5.51. The van der Waals surface area contributed by atoms with Crippen molar-refractivity contribution in [3.63, 3.8) is 0 Å². The van der Waals surface area contributed by atoms with E-state index in [1.165, 1.54) is 44.1 Å². The van der Waals surface area contributed by atoms with Crippen molar-refractivity contribution in [1.29, 1.82) is 0 Å². The lowest BCUT2D eigenvalue weighted by Crippen LogP contribution is -2.15. The van der Waals surface area contributed by atoms with Gasteiger partial charge in [0, 0.05) is 0 Å². The van der Waals surface area contributed by atoms with Gasteiger partial charge in [-0.3, -0.25) is 0 Å². The summed E-state index contributed by atoms with van der Waals surface area (Å²) in [6.07, 6.45) is 11.0. The van der Waals surface area contributed by atoms with Crippen LogP contribution in [0.4, 0.5) is 0 Å². The molecule has 0 fully saturated rings. The van der Waals surface area contributed by atoms with Crippen molar-refractivity contribution in [1.82, 2.24) is 0 Å². The number of allylic oxidation sites excluding steroid dienone is 2. The summed E-state index contributed by atoms with van der Waals surface area (Å²) in [5, 5.41) is 0. The molecular weight excluding hydrogens is 180 g/mol. The molecule has 0 bridgehead atoms.